The van der Waals surface area contributed by atoms with Crippen molar-refractivity contribution >= 4 is 51.9 Å². The van der Waals surface area contributed by atoms with Gasteiger partial charge >= 0.3 is 18.0 Å². The molecule has 0 bridgehead atoms. The summed E-state index contributed by atoms with van der Waals surface area (Å²) in [5.74, 6) is -1.18. The molecule has 300 valence electrons. The number of anilines is 2. The van der Waals surface area contributed by atoms with Gasteiger partial charge in [0.25, 0.3) is 11.8 Å². The van der Waals surface area contributed by atoms with E-state index in [9.17, 15) is 24.0 Å². The Balaban J connectivity index is 1.09. The van der Waals surface area contributed by atoms with E-state index in [1.807, 2.05) is 56.3 Å². The number of thiophene rings is 1. The van der Waals surface area contributed by atoms with Crippen LogP contribution in [0.15, 0.2) is 97.1 Å². The SMILES string of the molecule is COC(=O)c1ccc(CCCc2ccc(NC(=O)c3c(NC(=O)c4cccc(CN(C(=O)Oc5ccc(C(=O)OC)cc5)C(C)C)c4)sc4c3CCCC4)cc2)cc1. The molecule has 6 rings (SSSR count). The number of fused-ring (bicyclic) bond motifs is 1. The van der Waals surface area contributed by atoms with E-state index in [2.05, 4.69) is 10.6 Å². The summed E-state index contributed by atoms with van der Waals surface area (Å²) in [4.78, 5) is 67.1. The third-order valence-corrected chi connectivity index (χ3v) is 11.2. The second-order valence-electron chi connectivity index (χ2n) is 14.4. The van der Waals surface area contributed by atoms with Gasteiger partial charge in [-0.3, -0.25) is 9.59 Å². The summed E-state index contributed by atoms with van der Waals surface area (Å²) < 4.78 is 15.1. The molecule has 0 atom stereocenters. The smallest absolute Gasteiger partial charge is 0.415 e. The molecule has 2 N–H and O–H groups in total. The van der Waals surface area contributed by atoms with Crippen molar-refractivity contribution in [3.05, 3.63) is 146 Å². The Morgan fingerprint density at radius 2 is 1.29 bits per heavy atom. The highest BCUT2D eigenvalue weighted by Crippen LogP contribution is 2.39. The van der Waals surface area contributed by atoms with E-state index in [-0.39, 0.29) is 36.1 Å². The predicted octanol–water partition coefficient (Wildman–Crippen LogP) is 9.29. The fraction of sp³-hybridized carbons (Fsp3) is 0.283. The Bertz CT molecular complexity index is 2260. The summed E-state index contributed by atoms with van der Waals surface area (Å²) in [6.45, 7) is 3.93. The molecule has 0 aliphatic heterocycles. The van der Waals surface area contributed by atoms with E-state index in [1.54, 1.807) is 35.2 Å². The minimum atomic E-state index is -0.578. The molecule has 1 aromatic heterocycles. The largest absolute Gasteiger partial charge is 0.465 e. The first-order valence-electron chi connectivity index (χ1n) is 19.3. The molecule has 12 heteroatoms. The molecule has 11 nitrogen and oxygen atoms in total. The van der Waals surface area contributed by atoms with Crippen LogP contribution in [0.5, 0.6) is 5.75 Å². The predicted molar refractivity (Wildman–Crippen MR) is 224 cm³/mol. The Kier molecular flexibility index (Phi) is 13.7. The van der Waals surface area contributed by atoms with Gasteiger partial charge in [-0.2, -0.15) is 0 Å². The van der Waals surface area contributed by atoms with Crippen molar-refractivity contribution in [3.63, 3.8) is 0 Å². The van der Waals surface area contributed by atoms with Crippen LogP contribution < -0.4 is 15.4 Å². The molecule has 0 unspecified atom stereocenters. The first-order chi connectivity index (χ1) is 28.0. The molecule has 3 amide bonds. The normalized spacial score (nSPS) is 11.9. The number of aryl methyl sites for hydroxylation is 3. The zero-order chi connectivity index (χ0) is 41.2. The number of carbonyl (C=O) groups is 5. The Morgan fingerprint density at radius 3 is 1.91 bits per heavy atom. The molecule has 4 aromatic carbocycles. The highest BCUT2D eigenvalue weighted by Gasteiger charge is 2.27. The van der Waals surface area contributed by atoms with Gasteiger partial charge in [-0.1, -0.05) is 36.4 Å². The topological polar surface area (TPSA) is 140 Å². The van der Waals surface area contributed by atoms with Crippen molar-refractivity contribution in [1.29, 1.82) is 0 Å². The number of nitrogens with one attached hydrogen (secondary N) is 2. The fourth-order valence-electron chi connectivity index (χ4n) is 6.84. The molecule has 1 aliphatic rings. The number of benzene rings is 4. The van der Waals surface area contributed by atoms with Gasteiger partial charge in [-0.05, 0) is 142 Å². The van der Waals surface area contributed by atoms with E-state index in [4.69, 9.17) is 14.2 Å². The van der Waals surface area contributed by atoms with Crippen LogP contribution in [-0.2, 0) is 41.7 Å². The van der Waals surface area contributed by atoms with Crippen LogP contribution in [0.2, 0.25) is 0 Å². The summed E-state index contributed by atoms with van der Waals surface area (Å²) in [5.41, 5.74) is 6.42. The van der Waals surface area contributed by atoms with Crippen molar-refractivity contribution in [1.82, 2.24) is 4.90 Å². The molecule has 1 aliphatic carbocycles. The van der Waals surface area contributed by atoms with Crippen LogP contribution in [0.25, 0.3) is 0 Å². The van der Waals surface area contributed by atoms with Gasteiger partial charge in [0.05, 0.1) is 30.9 Å². The molecule has 0 radical (unpaired) electrons. The van der Waals surface area contributed by atoms with E-state index in [0.29, 0.717) is 32.9 Å². The number of esters is 2. The number of ether oxygens (including phenoxy) is 3. The number of rotatable bonds is 14. The molecule has 0 saturated carbocycles. The van der Waals surface area contributed by atoms with Gasteiger partial charge in [0.2, 0.25) is 0 Å². The van der Waals surface area contributed by atoms with Crippen molar-refractivity contribution in [2.75, 3.05) is 24.9 Å². The Morgan fingerprint density at radius 1 is 0.690 bits per heavy atom. The average Bonchev–Trinajstić information content (AvgIpc) is 3.61. The zero-order valence-electron chi connectivity index (χ0n) is 33.1. The molecule has 0 saturated heterocycles. The monoisotopic (exact) mass is 801 g/mol. The third kappa shape index (κ3) is 10.4. The van der Waals surface area contributed by atoms with Gasteiger partial charge in [-0.25, -0.2) is 14.4 Å². The minimum absolute atomic E-state index is 0.184. The number of hydrogen-bond donors (Lipinski definition) is 2. The van der Waals surface area contributed by atoms with E-state index in [1.165, 1.54) is 49.8 Å². The summed E-state index contributed by atoms with van der Waals surface area (Å²) in [7, 11) is 2.67. The zero-order valence-corrected chi connectivity index (χ0v) is 33.9. The standard InChI is InChI=1S/C46H47N3O8S/c1-29(2)49(46(54)57-37-25-21-34(22-26-37)45(53)56-4)28-32-11-8-12-35(27-32)41(50)48-43-40(38-13-5-6-14-39(38)58-43)42(51)47-36-23-17-31(18-24-36)10-7-9-30-15-19-33(20-16-30)44(52)55-3/h8,11-12,15-27,29H,5-7,9-10,13-14,28H2,1-4H3,(H,47,51)(H,48,50). The number of hydrogen-bond acceptors (Lipinski definition) is 9. The van der Waals surface area contributed by atoms with Crippen LogP contribution in [0.1, 0.15) is 102 Å². The molecule has 0 spiro atoms. The van der Waals surface area contributed by atoms with Gasteiger partial charge in [0.15, 0.2) is 0 Å². The Hall–Kier alpha value is -6.27. The van der Waals surface area contributed by atoms with Crippen molar-refractivity contribution < 1.29 is 38.2 Å². The lowest BCUT2D eigenvalue weighted by Gasteiger charge is -2.26. The first-order valence-corrected chi connectivity index (χ1v) is 20.1. The lowest BCUT2D eigenvalue weighted by Crippen LogP contribution is -2.38. The number of carbonyl (C=O) groups excluding carboxylic acids is 5. The van der Waals surface area contributed by atoms with E-state index >= 15 is 0 Å². The maximum atomic E-state index is 13.9. The quantitative estimate of drug-likeness (QED) is 0.106. The van der Waals surface area contributed by atoms with Crippen molar-refractivity contribution in [2.45, 2.75) is 71.4 Å². The van der Waals surface area contributed by atoms with Crippen LogP contribution in [-0.4, -0.2) is 55.0 Å². The van der Waals surface area contributed by atoms with Crippen LogP contribution in [0.4, 0.5) is 15.5 Å². The lowest BCUT2D eigenvalue weighted by atomic mass is 9.95. The van der Waals surface area contributed by atoms with Crippen LogP contribution in [0.3, 0.4) is 0 Å². The second-order valence-corrected chi connectivity index (χ2v) is 15.5. The highest BCUT2D eigenvalue weighted by molar-refractivity contribution is 7.17. The lowest BCUT2D eigenvalue weighted by molar-refractivity contribution is 0.0592. The average molecular weight is 802 g/mol. The molecule has 5 aromatic rings. The number of nitrogens with zero attached hydrogens (tertiary/aromatic N) is 1. The molecular weight excluding hydrogens is 755 g/mol. The van der Waals surface area contributed by atoms with Gasteiger partial charge in [-0.15, -0.1) is 11.3 Å². The summed E-state index contributed by atoms with van der Waals surface area (Å²) in [6.07, 6.45) is 5.68. The van der Waals surface area contributed by atoms with E-state index < -0.39 is 12.1 Å². The Labute approximate surface area is 342 Å². The highest BCUT2D eigenvalue weighted by atomic mass is 32.1. The maximum absolute atomic E-state index is 13.9. The van der Waals surface area contributed by atoms with Gasteiger partial charge in [0, 0.05) is 28.7 Å². The van der Waals surface area contributed by atoms with Crippen molar-refractivity contribution in [2.24, 2.45) is 0 Å². The third-order valence-electron chi connectivity index (χ3n) is 10.0. The summed E-state index contributed by atoms with van der Waals surface area (Å²) in [6, 6.07) is 28.2. The molecule has 58 heavy (non-hydrogen) atoms. The van der Waals surface area contributed by atoms with Crippen molar-refractivity contribution in [3.8, 4) is 5.75 Å². The molecule has 0 fully saturated rings. The molecular formula is C46H47N3O8S. The maximum Gasteiger partial charge on any atom is 0.415 e. The number of methoxy groups -OCH3 is 2. The number of amides is 3. The molecule has 1 heterocycles. The minimum Gasteiger partial charge on any atom is -0.465 e. The summed E-state index contributed by atoms with van der Waals surface area (Å²) >= 11 is 1.45. The summed E-state index contributed by atoms with van der Waals surface area (Å²) in [5, 5.41) is 6.62. The van der Waals surface area contributed by atoms with Crippen LogP contribution in [0, 0.1) is 0 Å². The second kappa shape index (κ2) is 19.3. The van der Waals surface area contributed by atoms with Crippen LogP contribution >= 0.6 is 11.3 Å². The van der Waals surface area contributed by atoms with Gasteiger partial charge < -0.3 is 29.7 Å². The van der Waals surface area contributed by atoms with Gasteiger partial charge in [0.1, 0.15) is 10.8 Å². The van der Waals surface area contributed by atoms with E-state index in [0.717, 1.165) is 72.1 Å². The first kappa shape index (κ1) is 41.4. The fourth-order valence-corrected chi connectivity index (χ4v) is 8.12.